The van der Waals surface area contributed by atoms with Crippen LogP contribution in [0.1, 0.15) is 6.42 Å². The van der Waals surface area contributed by atoms with Gasteiger partial charge in [0.25, 0.3) is 0 Å². The molecule has 2 rings (SSSR count). The molecule has 8 heavy (non-hydrogen) atoms. The first-order valence-electron chi connectivity index (χ1n) is 3.05. The Bertz CT molecular complexity index is 144. The van der Waals surface area contributed by atoms with Gasteiger partial charge in [0.1, 0.15) is 6.29 Å². The van der Waals surface area contributed by atoms with Crippen LogP contribution in [0.5, 0.6) is 0 Å². The van der Waals surface area contributed by atoms with E-state index in [-0.39, 0.29) is 0 Å². The summed E-state index contributed by atoms with van der Waals surface area (Å²) in [6, 6.07) is 0. The number of hydrogen-bond donors (Lipinski definition) is 0. The van der Waals surface area contributed by atoms with E-state index in [0.717, 1.165) is 12.7 Å². The molecular formula is C7H8O. The highest BCUT2D eigenvalue weighted by molar-refractivity contribution is 5.61. The predicted octanol–water partition coefficient (Wildman–Crippen LogP) is 1.01. The first-order valence-corrected chi connectivity index (χ1v) is 3.05. The summed E-state index contributed by atoms with van der Waals surface area (Å²) < 4.78 is 0. The van der Waals surface area contributed by atoms with Crippen molar-refractivity contribution in [1.82, 2.24) is 0 Å². The summed E-state index contributed by atoms with van der Waals surface area (Å²) in [6.45, 7) is 0. The van der Waals surface area contributed by atoms with Crippen LogP contribution in [-0.4, -0.2) is 6.29 Å². The Hall–Kier alpha value is -0.590. The van der Waals surface area contributed by atoms with Crippen molar-refractivity contribution in [3.05, 3.63) is 12.2 Å². The van der Waals surface area contributed by atoms with Gasteiger partial charge >= 0.3 is 0 Å². The van der Waals surface area contributed by atoms with Gasteiger partial charge in [-0.05, 0) is 18.3 Å². The van der Waals surface area contributed by atoms with Crippen molar-refractivity contribution < 1.29 is 4.79 Å². The van der Waals surface area contributed by atoms with E-state index in [2.05, 4.69) is 12.2 Å². The molecule has 0 unspecified atom stereocenters. The molecule has 2 aliphatic rings. The molecule has 0 spiro atoms. The lowest BCUT2D eigenvalue weighted by Gasteiger charge is -1.81. The average molecular weight is 108 g/mol. The zero-order valence-corrected chi connectivity index (χ0v) is 4.58. The molecule has 0 heterocycles. The average Bonchev–Trinajstić information content (AvgIpc) is 2.22. The van der Waals surface area contributed by atoms with Gasteiger partial charge in [0.2, 0.25) is 0 Å². The number of rotatable bonds is 1. The first-order chi connectivity index (χ1) is 3.93. The summed E-state index contributed by atoms with van der Waals surface area (Å²) in [4.78, 5) is 10.1. The molecule has 42 valence electrons. The van der Waals surface area contributed by atoms with Crippen LogP contribution in [0.3, 0.4) is 0 Å². The van der Waals surface area contributed by atoms with E-state index in [1.165, 1.54) is 0 Å². The van der Waals surface area contributed by atoms with Gasteiger partial charge in [-0.15, -0.1) is 0 Å². The van der Waals surface area contributed by atoms with Gasteiger partial charge in [-0.2, -0.15) is 0 Å². The highest BCUT2D eigenvalue weighted by atomic mass is 16.1. The minimum atomic E-state index is 0.403. The largest absolute Gasteiger partial charge is 0.303 e. The number of aldehydes is 1. The van der Waals surface area contributed by atoms with Crippen molar-refractivity contribution in [2.24, 2.45) is 17.8 Å². The molecule has 3 atom stereocenters. The molecule has 0 aromatic carbocycles. The molecule has 0 saturated heterocycles. The quantitative estimate of drug-likeness (QED) is 0.362. The second kappa shape index (κ2) is 1.22. The van der Waals surface area contributed by atoms with Crippen LogP contribution < -0.4 is 0 Å². The molecule has 0 aliphatic heterocycles. The third-order valence-electron chi connectivity index (χ3n) is 2.22. The van der Waals surface area contributed by atoms with Gasteiger partial charge in [-0.3, -0.25) is 0 Å². The molecule has 1 heteroatoms. The topological polar surface area (TPSA) is 17.1 Å². The molecule has 1 nitrogen and oxygen atoms in total. The van der Waals surface area contributed by atoms with Gasteiger partial charge < -0.3 is 4.79 Å². The van der Waals surface area contributed by atoms with E-state index in [1.54, 1.807) is 0 Å². The zero-order valence-electron chi connectivity index (χ0n) is 4.58. The molecule has 2 aliphatic carbocycles. The van der Waals surface area contributed by atoms with Gasteiger partial charge in [-0.25, -0.2) is 0 Å². The number of allylic oxidation sites excluding steroid dienone is 2. The monoisotopic (exact) mass is 108 g/mol. The fourth-order valence-electron chi connectivity index (χ4n) is 1.60. The summed E-state index contributed by atoms with van der Waals surface area (Å²) >= 11 is 0. The molecule has 0 amide bonds. The maximum absolute atomic E-state index is 10.1. The second-order valence-corrected chi connectivity index (χ2v) is 2.62. The maximum atomic E-state index is 10.1. The molecule has 0 aromatic heterocycles. The van der Waals surface area contributed by atoms with Crippen LogP contribution in [-0.2, 0) is 4.79 Å². The van der Waals surface area contributed by atoms with Crippen molar-refractivity contribution >= 4 is 6.29 Å². The number of carbonyl (C=O) groups excluding carboxylic acids is 1. The molecule has 0 bridgehead atoms. The lowest BCUT2D eigenvalue weighted by molar-refractivity contribution is -0.109. The van der Waals surface area contributed by atoms with Crippen LogP contribution in [0.15, 0.2) is 12.2 Å². The minimum Gasteiger partial charge on any atom is -0.303 e. The molecule has 0 N–H and O–H groups in total. The molecule has 0 aromatic rings. The Kier molecular flexibility index (Phi) is 0.655. The second-order valence-electron chi connectivity index (χ2n) is 2.62. The molecule has 1 saturated carbocycles. The molecule has 0 radical (unpaired) electrons. The summed E-state index contributed by atoms with van der Waals surface area (Å²) in [5, 5.41) is 0. The van der Waals surface area contributed by atoms with Crippen molar-refractivity contribution in [2.75, 3.05) is 0 Å². The molecule has 1 fully saturated rings. The van der Waals surface area contributed by atoms with Gasteiger partial charge in [-0.1, -0.05) is 12.2 Å². The Morgan fingerprint density at radius 1 is 1.62 bits per heavy atom. The van der Waals surface area contributed by atoms with E-state index in [1.807, 2.05) is 0 Å². The minimum absolute atomic E-state index is 0.403. The number of carbonyl (C=O) groups is 1. The maximum Gasteiger partial charge on any atom is 0.123 e. The third kappa shape index (κ3) is 0.347. The Morgan fingerprint density at radius 3 is 2.88 bits per heavy atom. The van der Waals surface area contributed by atoms with Crippen LogP contribution in [0.4, 0.5) is 0 Å². The van der Waals surface area contributed by atoms with E-state index in [9.17, 15) is 4.79 Å². The van der Waals surface area contributed by atoms with Crippen molar-refractivity contribution in [1.29, 1.82) is 0 Å². The number of hydrogen-bond acceptors (Lipinski definition) is 1. The molecular weight excluding hydrogens is 100 g/mol. The predicted molar refractivity (Wildman–Crippen MR) is 30.3 cm³/mol. The summed E-state index contributed by atoms with van der Waals surface area (Å²) in [5.41, 5.74) is 0. The Labute approximate surface area is 48.4 Å². The highest BCUT2D eigenvalue weighted by Crippen LogP contribution is 2.52. The lowest BCUT2D eigenvalue weighted by atomic mass is 10.2. The van der Waals surface area contributed by atoms with E-state index in [0.29, 0.717) is 17.8 Å². The SMILES string of the molecule is O=C[C@@H]1[C@H]2C=CC[C@@H]12. The van der Waals surface area contributed by atoms with E-state index < -0.39 is 0 Å². The summed E-state index contributed by atoms with van der Waals surface area (Å²) in [5.74, 6) is 1.76. The van der Waals surface area contributed by atoms with Crippen molar-refractivity contribution in [3.8, 4) is 0 Å². The Morgan fingerprint density at radius 2 is 2.50 bits per heavy atom. The lowest BCUT2D eigenvalue weighted by Crippen LogP contribution is -1.82. The third-order valence-corrected chi connectivity index (χ3v) is 2.22. The van der Waals surface area contributed by atoms with Crippen molar-refractivity contribution in [2.45, 2.75) is 6.42 Å². The van der Waals surface area contributed by atoms with Crippen LogP contribution in [0, 0.1) is 17.8 Å². The zero-order chi connectivity index (χ0) is 5.56. The van der Waals surface area contributed by atoms with Crippen molar-refractivity contribution in [3.63, 3.8) is 0 Å². The fourth-order valence-corrected chi connectivity index (χ4v) is 1.60. The van der Waals surface area contributed by atoms with Gasteiger partial charge in [0.05, 0.1) is 0 Å². The smallest absolute Gasteiger partial charge is 0.123 e. The van der Waals surface area contributed by atoms with Crippen LogP contribution >= 0.6 is 0 Å². The summed E-state index contributed by atoms with van der Waals surface area (Å²) in [7, 11) is 0. The fraction of sp³-hybridized carbons (Fsp3) is 0.571. The van der Waals surface area contributed by atoms with Crippen LogP contribution in [0.2, 0.25) is 0 Å². The normalized spacial score (nSPS) is 48.8. The van der Waals surface area contributed by atoms with E-state index >= 15 is 0 Å². The van der Waals surface area contributed by atoms with E-state index in [4.69, 9.17) is 0 Å². The highest BCUT2D eigenvalue weighted by Gasteiger charge is 2.49. The standard InChI is InChI=1S/C7H8O/c8-4-7-5-2-1-3-6(5)7/h1-2,4-7H,3H2/t5-,6+,7+/m0/s1. The van der Waals surface area contributed by atoms with Gasteiger partial charge in [0.15, 0.2) is 0 Å². The Balaban J connectivity index is 2.12. The summed E-state index contributed by atoms with van der Waals surface area (Å²) in [6.07, 6.45) is 6.59. The van der Waals surface area contributed by atoms with Gasteiger partial charge in [0, 0.05) is 5.92 Å². The van der Waals surface area contributed by atoms with Crippen LogP contribution in [0.25, 0.3) is 0 Å². The number of fused-ring (bicyclic) bond motifs is 1. The first kappa shape index (κ1) is 4.30.